The van der Waals surface area contributed by atoms with Gasteiger partial charge in [0.1, 0.15) is 11.5 Å². The van der Waals surface area contributed by atoms with E-state index in [4.69, 9.17) is 15.2 Å². The van der Waals surface area contributed by atoms with Crippen LogP contribution < -0.4 is 15.2 Å². The third kappa shape index (κ3) is 3.89. The van der Waals surface area contributed by atoms with Crippen molar-refractivity contribution in [3.63, 3.8) is 0 Å². The number of methoxy groups -OCH3 is 1. The predicted octanol–water partition coefficient (Wildman–Crippen LogP) is 1.81. The molecule has 4 nitrogen and oxygen atoms in total. The van der Waals surface area contributed by atoms with Gasteiger partial charge in [-0.25, -0.2) is 0 Å². The molecule has 1 aromatic carbocycles. The van der Waals surface area contributed by atoms with Gasteiger partial charge in [-0.1, -0.05) is 6.92 Å². The molecular weight excluding hydrogens is 230 g/mol. The molecule has 0 fully saturated rings. The van der Waals surface area contributed by atoms with Crippen LogP contribution >= 0.6 is 0 Å². The highest BCUT2D eigenvalue weighted by atomic mass is 16.5. The van der Waals surface area contributed by atoms with Crippen molar-refractivity contribution in [2.45, 2.75) is 19.8 Å². The zero-order valence-corrected chi connectivity index (χ0v) is 11.2. The first-order chi connectivity index (χ1) is 8.69. The molecule has 18 heavy (non-hydrogen) atoms. The van der Waals surface area contributed by atoms with Crippen molar-refractivity contribution in [1.29, 1.82) is 0 Å². The van der Waals surface area contributed by atoms with Crippen molar-refractivity contribution in [3.05, 3.63) is 24.3 Å². The van der Waals surface area contributed by atoms with Crippen LogP contribution in [0.5, 0.6) is 11.5 Å². The molecule has 102 valence electrons. The van der Waals surface area contributed by atoms with E-state index in [0.29, 0.717) is 13.2 Å². The van der Waals surface area contributed by atoms with Gasteiger partial charge in [0, 0.05) is 12.0 Å². The minimum absolute atomic E-state index is 0.103. The smallest absolute Gasteiger partial charge is 0.119 e. The number of benzene rings is 1. The largest absolute Gasteiger partial charge is 0.497 e. The SMILES string of the molecule is CCC(CN)(CO)CCOc1ccc(OC)cc1. The zero-order chi connectivity index (χ0) is 13.4. The first kappa shape index (κ1) is 14.8. The molecule has 0 spiro atoms. The predicted molar refractivity (Wildman–Crippen MR) is 72.0 cm³/mol. The Labute approximate surface area is 109 Å². The Balaban J connectivity index is 2.44. The molecule has 0 radical (unpaired) electrons. The highest BCUT2D eigenvalue weighted by Crippen LogP contribution is 2.25. The lowest BCUT2D eigenvalue weighted by atomic mass is 9.83. The minimum atomic E-state index is -0.216. The Bertz CT molecular complexity index is 325. The molecule has 0 bridgehead atoms. The molecule has 3 N–H and O–H groups in total. The van der Waals surface area contributed by atoms with Gasteiger partial charge in [-0.2, -0.15) is 0 Å². The van der Waals surface area contributed by atoms with Gasteiger partial charge in [-0.3, -0.25) is 0 Å². The summed E-state index contributed by atoms with van der Waals surface area (Å²) in [5.74, 6) is 1.61. The molecule has 4 heteroatoms. The number of aliphatic hydroxyl groups is 1. The lowest BCUT2D eigenvalue weighted by molar-refractivity contribution is 0.0983. The lowest BCUT2D eigenvalue weighted by Crippen LogP contribution is -2.35. The standard InChI is InChI=1S/C14H23NO3/c1-3-14(10-15,11-16)8-9-18-13-6-4-12(17-2)5-7-13/h4-7,16H,3,8-11,15H2,1-2H3. The van der Waals surface area contributed by atoms with E-state index in [9.17, 15) is 5.11 Å². The molecule has 0 amide bonds. The first-order valence-electron chi connectivity index (χ1n) is 6.27. The fourth-order valence-corrected chi connectivity index (χ4v) is 1.74. The summed E-state index contributed by atoms with van der Waals surface area (Å²) in [6, 6.07) is 7.45. The van der Waals surface area contributed by atoms with Gasteiger partial charge in [-0.05, 0) is 37.1 Å². The fourth-order valence-electron chi connectivity index (χ4n) is 1.74. The molecule has 0 aliphatic rings. The lowest BCUT2D eigenvalue weighted by Gasteiger charge is -2.28. The molecule has 0 aromatic heterocycles. The average Bonchev–Trinajstić information content (AvgIpc) is 2.45. The van der Waals surface area contributed by atoms with Crippen LogP contribution in [-0.4, -0.2) is 32.0 Å². The third-order valence-electron chi connectivity index (χ3n) is 3.48. The Kier molecular flexibility index (Phi) is 5.95. The summed E-state index contributed by atoms with van der Waals surface area (Å²) in [6.45, 7) is 3.17. The topological polar surface area (TPSA) is 64.7 Å². The molecule has 0 aliphatic carbocycles. The van der Waals surface area contributed by atoms with Crippen molar-refractivity contribution < 1.29 is 14.6 Å². The van der Waals surface area contributed by atoms with Gasteiger partial charge in [0.15, 0.2) is 0 Å². The Morgan fingerprint density at radius 3 is 2.28 bits per heavy atom. The number of aliphatic hydroxyl groups excluding tert-OH is 1. The number of hydrogen-bond donors (Lipinski definition) is 2. The molecular formula is C14H23NO3. The fraction of sp³-hybridized carbons (Fsp3) is 0.571. The summed E-state index contributed by atoms with van der Waals surface area (Å²) in [4.78, 5) is 0. The van der Waals surface area contributed by atoms with Crippen LogP contribution in [0.1, 0.15) is 19.8 Å². The summed E-state index contributed by atoms with van der Waals surface area (Å²) < 4.78 is 10.7. The van der Waals surface area contributed by atoms with E-state index in [1.807, 2.05) is 31.2 Å². The van der Waals surface area contributed by atoms with Crippen molar-refractivity contribution >= 4 is 0 Å². The molecule has 1 atom stereocenters. The third-order valence-corrected chi connectivity index (χ3v) is 3.48. The maximum Gasteiger partial charge on any atom is 0.119 e. The molecule has 1 aromatic rings. The van der Waals surface area contributed by atoms with Gasteiger partial charge < -0.3 is 20.3 Å². The summed E-state index contributed by atoms with van der Waals surface area (Å²) in [5, 5.41) is 9.39. The average molecular weight is 253 g/mol. The summed E-state index contributed by atoms with van der Waals surface area (Å²) in [6.07, 6.45) is 1.61. The van der Waals surface area contributed by atoms with Gasteiger partial charge in [0.25, 0.3) is 0 Å². The van der Waals surface area contributed by atoms with E-state index in [1.165, 1.54) is 0 Å². The highest BCUT2D eigenvalue weighted by Gasteiger charge is 2.25. The van der Waals surface area contributed by atoms with E-state index in [0.717, 1.165) is 24.3 Å². The van der Waals surface area contributed by atoms with E-state index in [1.54, 1.807) is 7.11 Å². The summed E-state index contributed by atoms with van der Waals surface area (Å²) in [5.41, 5.74) is 5.50. The summed E-state index contributed by atoms with van der Waals surface area (Å²) in [7, 11) is 1.63. The second-order valence-corrected chi connectivity index (χ2v) is 4.49. The van der Waals surface area contributed by atoms with Crippen LogP contribution in [0.2, 0.25) is 0 Å². The Morgan fingerprint density at radius 2 is 1.83 bits per heavy atom. The number of ether oxygens (including phenoxy) is 2. The molecule has 0 saturated heterocycles. The number of hydrogen-bond acceptors (Lipinski definition) is 4. The van der Waals surface area contributed by atoms with Gasteiger partial charge >= 0.3 is 0 Å². The quantitative estimate of drug-likeness (QED) is 0.741. The molecule has 0 aliphatic heterocycles. The number of rotatable bonds is 8. The van der Waals surface area contributed by atoms with Crippen LogP contribution in [-0.2, 0) is 0 Å². The van der Waals surface area contributed by atoms with Crippen molar-refractivity contribution in [1.82, 2.24) is 0 Å². The van der Waals surface area contributed by atoms with Crippen LogP contribution in [0.15, 0.2) is 24.3 Å². The van der Waals surface area contributed by atoms with Gasteiger partial charge in [-0.15, -0.1) is 0 Å². The highest BCUT2D eigenvalue weighted by molar-refractivity contribution is 5.31. The van der Waals surface area contributed by atoms with Crippen molar-refractivity contribution in [2.24, 2.45) is 11.1 Å². The van der Waals surface area contributed by atoms with E-state index in [2.05, 4.69) is 0 Å². The van der Waals surface area contributed by atoms with Crippen LogP contribution in [0.3, 0.4) is 0 Å². The maximum atomic E-state index is 9.39. The van der Waals surface area contributed by atoms with E-state index in [-0.39, 0.29) is 12.0 Å². The molecule has 1 unspecified atom stereocenters. The van der Waals surface area contributed by atoms with E-state index < -0.39 is 0 Å². The zero-order valence-electron chi connectivity index (χ0n) is 11.2. The Morgan fingerprint density at radius 1 is 1.22 bits per heavy atom. The van der Waals surface area contributed by atoms with Crippen LogP contribution in [0.4, 0.5) is 0 Å². The number of nitrogens with two attached hydrogens (primary N) is 1. The Hall–Kier alpha value is -1.26. The first-order valence-corrected chi connectivity index (χ1v) is 6.27. The second kappa shape index (κ2) is 7.24. The normalized spacial score (nSPS) is 14.0. The molecule has 1 rings (SSSR count). The molecule has 0 saturated carbocycles. The van der Waals surface area contributed by atoms with Gasteiger partial charge in [0.2, 0.25) is 0 Å². The van der Waals surface area contributed by atoms with Gasteiger partial charge in [0.05, 0.1) is 20.3 Å². The van der Waals surface area contributed by atoms with Crippen LogP contribution in [0.25, 0.3) is 0 Å². The van der Waals surface area contributed by atoms with E-state index >= 15 is 0 Å². The molecule has 0 heterocycles. The maximum absolute atomic E-state index is 9.39. The monoisotopic (exact) mass is 253 g/mol. The second-order valence-electron chi connectivity index (χ2n) is 4.49. The minimum Gasteiger partial charge on any atom is -0.497 e. The summed E-state index contributed by atoms with van der Waals surface area (Å²) >= 11 is 0. The van der Waals surface area contributed by atoms with Crippen LogP contribution in [0, 0.1) is 5.41 Å². The van der Waals surface area contributed by atoms with Crippen molar-refractivity contribution in [2.75, 3.05) is 26.9 Å². The van der Waals surface area contributed by atoms with Crippen molar-refractivity contribution in [3.8, 4) is 11.5 Å².